The Morgan fingerprint density at radius 1 is 1.10 bits per heavy atom. The smallest absolute Gasteiger partial charge is 0.341 e. The van der Waals surface area contributed by atoms with Crippen molar-refractivity contribution >= 4 is 11.8 Å². The van der Waals surface area contributed by atoms with Crippen LogP contribution in [0.1, 0.15) is 28.4 Å². The van der Waals surface area contributed by atoms with Gasteiger partial charge in [-0.3, -0.25) is 4.79 Å². The molecule has 29 heavy (non-hydrogen) atoms. The van der Waals surface area contributed by atoms with E-state index in [9.17, 15) is 14.7 Å². The minimum absolute atomic E-state index is 0.00657. The molecule has 1 aliphatic heterocycles. The second-order valence-electron chi connectivity index (χ2n) is 6.17. The molecule has 154 valence electrons. The van der Waals surface area contributed by atoms with Crippen molar-refractivity contribution in [1.82, 2.24) is 0 Å². The third-order valence-electron chi connectivity index (χ3n) is 4.43. The molecule has 9 heteroatoms. The monoisotopic (exact) mass is 404 g/mol. The Balaban J connectivity index is 2.05. The quantitative estimate of drug-likeness (QED) is 0.717. The molecular weight excluding hydrogens is 384 g/mol. The summed E-state index contributed by atoms with van der Waals surface area (Å²) in [5.41, 5.74) is 0.735. The van der Waals surface area contributed by atoms with Gasteiger partial charge in [0.15, 0.2) is 35.4 Å². The fraction of sp³-hybridized carbons (Fsp3) is 0.300. The lowest BCUT2D eigenvalue weighted by Crippen LogP contribution is -2.22. The Morgan fingerprint density at radius 3 is 2.45 bits per heavy atom. The van der Waals surface area contributed by atoms with Gasteiger partial charge in [-0.2, -0.15) is 0 Å². The van der Waals surface area contributed by atoms with Gasteiger partial charge in [0, 0.05) is 0 Å². The fourth-order valence-electron chi connectivity index (χ4n) is 3.10. The van der Waals surface area contributed by atoms with E-state index in [1.54, 1.807) is 18.2 Å². The van der Waals surface area contributed by atoms with E-state index in [0.29, 0.717) is 17.1 Å². The standard InChI is InChI=1S/C20H20O9/c1-25-14-5-4-10(6-16(14)26-2)15-8-12(21)11-7-13(22)19(27-3)20(18(11)29-15)28-9-17(23)24/h4-7,15,22H,8-9H2,1-3H3,(H,23,24)/t15-/m1/s1. The van der Waals surface area contributed by atoms with E-state index in [0.717, 1.165) is 0 Å². The molecule has 0 radical (unpaired) electrons. The van der Waals surface area contributed by atoms with Crippen molar-refractivity contribution < 1.29 is 43.5 Å². The number of Topliss-reactive ketones (excluding diaryl/α,β-unsaturated/α-hetero) is 1. The Kier molecular flexibility index (Phi) is 5.67. The van der Waals surface area contributed by atoms with Gasteiger partial charge in [-0.25, -0.2) is 4.79 Å². The van der Waals surface area contributed by atoms with Crippen molar-refractivity contribution in [3.05, 3.63) is 35.4 Å². The highest BCUT2D eigenvalue weighted by atomic mass is 16.6. The second kappa shape index (κ2) is 8.17. The maximum absolute atomic E-state index is 12.7. The first kappa shape index (κ1) is 20.1. The molecule has 3 rings (SSSR count). The molecule has 2 aromatic carbocycles. The topological polar surface area (TPSA) is 121 Å². The van der Waals surface area contributed by atoms with Crippen LogP contribution < -0.4 is 23.7 Å². The number of hydrogen-bond acceptors (Lipinski definition) is 8. The lowest BCUT2D eigenvalue weighted by atomic mass is 9.95. The first-order chi connectivity index (χ1) is 13.9. The molecule has 1 aliphatic rings. The molecule has 0 amide bonds. The van der Waals surface area contributed by atoms with Crippen molar-refractivity contribution in [2.45, 2.75) is 12.5 Å². The van der Waals surface area contributed by atoms with Gasteiger partial charge >= 0.3 is 5.97 Å². The molecular formula is C20H20O9. The normalized spacial score (nSPS) is 15.1. The van der Waals surface area contributed by atoms with Crippen LogP contribution >= 0.6 is 0 Å². The van der Waals surface area contributed by atoms with Crippen molar-refractivity contribution in [3.8, 4) is 34.5 Å². The highest BCUT2D eigenvalue weighted by Crippen LogP contribution is 2.50. The average Bonchev–Trinajstić information content (AvgIpc) is 2.71. The van der Waals surface area contributed by atoms with Crippen LogP contribution in [0.5, 0.6) is 34.5 Å². The molecule has 0 spiro atoms. The minimum atomic E-state index is -1.23. The number of methoxy groups -OCH3 is 3. The summed E-state index contributed by atoms with van der Waals surface area (Å²) >= 11 is 0. The van der Waals surface area contributed by atoms with Gasteiger partial charge in [0.2, 0.25) is 11.5 Å². The van der Waals surface area contributed by atoms with E-state index in [4.69, 9.17) is 28.8 Å². The average molecular weight is 404 g/mol. The van der Waals surface area contributed by atoms with Gasteiger partial charge in [-0.1, -0.05) is 6.07 Å². The maximum Gasteiger partial charge on any atom is 0.341 e. The number of aliphatic carboxylic acids is 1. The highest BCUT2D eigenvalue weighted by Gasteiger charge is 2.34. The molecule has 0 bridgehead atoms. The number of phenolic OH excluding ortho intramolecular Hbond substituents is 1. The SMILES string of the molecule is COc1ccc([C@H]2CC(=O)c3cc(O)c(OC)c(OCC(=O)O)c3O2)cc1OC. The molecule has 1 atom stereocenters. The van der Waals surface area contributed by atoms with Crippen LogP contribution in [0.3, 0.4) is 0 Å². The number of phenols is 1. The summed E-state index contributed by atoms with van der Waals surface area (Å²) in [4.78, 5) is 23.7. The largest absolute Gasteiger partial charge is 0.504 e. The van der Waals surface area contributed by atoms with Gasteiger partial charge in [-0.05, 0) is 23.8 Å². The van der Waals surface area contributed by atoms with Crippen LogP contribution in [0.25, 0.3) is 0 Å². The third-order valence-corrected chi connectivity index (χ3v) is 4.43. The zero-order valence-corrected chi connectivity index (χ0v) is 16.1. The second-order valence-corrected chi connectivity index (χ2v) is 6.17. The van der Waals surface area contributed by atoms with Crippen LogP contribution in [0.2, 0.25) is 0 Å². The summed E-state index contributed by atoms with van der Waals surface area (Å²) in [7, 11) is 4.29. The number of hydrogen-bond donors (Lipinski definition) is 2. The number of carbonyl (C=O) groups excluding carboxylic acids is 1. The van der Waals surface area contributed by atoms with Gasteiger partial charge in [0.05, 0.1) is 33.3 Å². The Morgan fingerprint density at radius 2 is 1.83 bits per heavy atom. The zero-order valence-electron chi connectivity index (χ0n) is 16.1. The molecule has 0 fully saturated rings. The molecule has 2 N–H and O–H groups in total. The number of ether oxygens (including phenoxy) is 5. The van der Waals surface area contributed by atoms with Crippen molar-refractivity contribution in [2.24, 2.45) is 0 Å². The first-order valence-electron chi connectivity index (χ1n) is 8.59. The molecule has 0 unspecified atom stereocenters. The van der Waals surface area contributed by atoms with Crippen LogP contribution in [0.15, 0.2) is 24.3 Å². The van der Waals surface area contributed by atoms with Crippen LogP contribution in [-0.2, 0) is 4.79 Å². The highest BCUT2D eigenvalue weighted by molar-refractivity contribution is 6.02. The third kappa shape index (κ3) is 3.84. The van der Waals surface area contributed by atoms with E-state index in [1.807, 2.05) is 0 Å². The molecule has 0 aliphatic carbocycles. The van der Waals surface area contributed by atoms with E-state index in [2.05, 4.69) is 0 Å². The van der Waals surface area contributed by atoms with Crippen LogP contribution in [0, 0.1) is 0 Å². The molecule has 0 saturated carbocycles. The minimum Gasteiger partial charge on any atom is -0.504 e. The molecule has 2 aromatic rings. The van der Waals surface area contributed by atoms with E-state index in [1.165, 1.54) is 27.4 Å². The lowest BCUT2D eigenvalue weighted by molar-refractivity contribution is -0.139. The number of fused-ring (bicyclic) bond motifs is 1. The van der Waals surface area contributed by atoms with Crippen molar-refractivity contribution in [2.75, 3.05) is 27.9 Å². The van der Waals surface area contributed by atoms with Gasteiger partial charge in [-0.15, -0.1) is 0 Å². The van der Waals surface area contributed by atoms with E-state index < -0.39 is 18.7 Å². The number of carboxylic acid groups (broad SMARTS) is 1. The van der Waals surface area contributed by atoms with Crippen LogP contribution in [-0.4, -0.2) is 49.9 Å². The Hall–Kier alpha value is -3.62. The van der Waals surface area contributed by atoms with Crippen molar-refractivity contribution in [1.29, 1.82) is 0 Å². The van der Waals surface area contributed by atoms with Gasteiger partial charge in [0.1, 0.15) is 6.10 Å². The number of carboxylic acids is 1. The molecule has 9 nitrogen and oxygen atoms in total. The summed E-state index contributed by atoms with van der Waals surface area (Å²) < 4.78 is 26.9. The van der Waals surface area contributed by atoms with E-state index in [-0.39, 0.29) is 40.8 Å². The summed E-state index contributed by atoms with van der Waals surface area (Å²) in [5, 5.41) is 19.1. The van der Waals surface area contributed by atoms with Crippen LogP contribution in [0.4, 0.5) is 0 Å². The Labute approximate surface area is 166 Å². The lowest BCUT2D eigenvalue weighted by Gasteiger charge is -2.28. The van der Waals surface area contributed by atoms with Gasteiger partial charge in [0.25, 0.3) is 0 Å². The summed E-state index contributed by atoms with van der Waals surface area (Å²) in [6.07, 6.45) is -0.677. The number of rotatable bonds is 7. The molecule has 0 aromatic heterocycles. The first-order valence-corrected chi connectivity index (χ1v) is 8.59. The fourth-order valence-corrected chi connectivity index (χ4v) is 3.10. The predicted molar refractivity (Wildman–Crippen MR) is 99.7 cm³/mol. The van der Waals surface area contributed by atoms with Crippen molar-refractivity contribution in [3.63, 3.8) is 0 Å². The summed E-state index contributed by atoms with van der Waals surface area (Å²) in [6, 6.07) is 6.34. The predicted octanol–water partition coefficient (Wildman–Crippen LogP) is 2.59. The summed E-state index contributed by atoms with van der Waals surface area (Å²) in [6.45, 7) is -0.704. The molecule has 1 heterocycles. The number of carbonyl (C=O) groups is 2. The number of benzene rings is 2. The van der Waals surface area contributed by atoms with E-state index >= 15 is 0 Å². The molecule has 0 saturated heterocycles. The summed E-state index contributed by atoms with van der Waals surface area (Å²) in [5.74, 6) is -1.15. The number of aromatic hydroxyl groups is 1. The number of ketones is 1. The zero-order chi connectivity index (χ0) is 21.1. The Bertz CT molecular complexity index is 951. The maximum atomic E-state index is 12.7. The van der Waals surface area contributed by atoms with Gasteiger partial charge < -0.3 is 33.9 Å².